The number of halogens is 4. The van der Waals surface area contributed by atoms with Gasteiger partial charge in [0.15, 0.2) is 5.15 Å². The van der Waals surface area contributed by atoms with Crippen molar-refractivity contribution in [1.29, 1.82) is 0 Å². The average molecular weight is 499 g/mol. The smallest absolute Gasteiger partial charge is 0.257 e. The van der Waals surface area contributed by atoms with Crippen LogP contribution >= 0.6 is 35.0 Å². The van der Waals surface area contributed by atoms with Crippen molar-refractivity contribution in [2.45, 2.75) is 37.8 Å². The van der Waals surface area contributed by atoms with Gasteiger partial charge in [-0.25, -0.2) is 23.4 Å². The van der Waals surface area contributed by atoms with Crippen molar-refractivity contribution in [3.05, 3.63) is 40.3 Å². The van der Waals surface area contributed by atoms with Gasteiger partial charge in [-0.2, -0.15) is 16.9 Å². The van der Waals surface area contributed by atoms with E-state index in [0.29, 0.717) is 17.6 Å². The quantitative estimate of drug-likeness (QED) is 0.488. The maximum atomic E-state index is 12.6. The number of hydrogen-bond donors (Lipinski definition) is 1. The number of fused-ring (bicyclic) bond motifs is 1. The number of nitrogens with zero attached hydrogens (tertiary/aromatic N) is 5. The largest absolute Gasteiger partial charge is 0.320 e. The fourth-order valence-electron chi connectivity index (χ4n) is 4.28. The summed E-state index contributed by atoms with van der Waals surface area (Å²) in [5.41, 5.74) is 2.27. The fourth-order valence-corrected chi connectivity index (χ4v) is 5.69. The first kappa shape index (κ1) is 22.1. The molecular formula is C21H22Cl2F2N6S. The summed E-state index contributed by atoms with van der Waals surface area (Å²) in [7, 11) is 0. The van der Waals surface area contributed by atoms with Crippen LogP contribution in [0.5, 0.6) is 0 Å². The summed E-state index contributed by atoms with van der Waals surface area (Å²) in [5.74, 6) is 3.23. The number of likely N-dealkylation sites (tertiary alicyclic amines) is 1. The second kappa shape index (κ2) is 9.29. The Balaban J connectivity index is 1.35. The number of thioether (sulfide) groups is 1. The van der Waals surface area contributed by atoms with E-state index in [0.717, 1.165) is 58.1 Å². The summed E-state index contributed by atoms with van der Waals surface area (Å²) in [4.78, 5) is 11.5. The predicted molar refractivity (Wildman–Crippen MR) is 126 cm³/mol. The summed E-state index contributed by atoms with van der Waals surface area (Å²) in [6.45, 7) is 1.63. The van der Waals surface area contributed by atoms with Gasteiger partial charge in [0.25, 0.3) is 6.43 Å². The summed E-state index contributed by atoms with van der Waals surface area (Å²) >= 11 is 14.8. The Hall–Kier alpha value is -1.68. The topological polar surface area (TPSA) is 58.9 Å². The van der Waals surface area contributed by atoms with Crippen molar-refractivity contribution < 1.29 is 8.78 Å². The standard InChI is InChI=1S/C21H22Cl2F2N6S/c22-16-5-13-7-26-21(29-18-8-27-31(20(18)23)9-19(24)25)28-17(13)6-15(16)12-1-3-30(4-2-12)14-10-32-11-14/h5-8,12,14,19H,1-4,9-11H2,(H,26,28,29). The SMILES string of the molecule is FC(F)Cn1ncc(Nc2ncc3cc(Cl)c(C4CCN(C5CSC5)CC4)cc3n2)c1Cl. The van der Waals surface area contributed by atoms with Crippen LogP contribution in [0.3, 0.4) is 0 Å². The van der Waals surface area contributed by atoms with E-state index in [1.54, 1.807) is 6.20 Å². The Morgan fingerprint density at radius 3 is 2.62 bits per heavy atom. The second-order valence-corrected chi connectivity index (χ2v) is 10.0. The van der Waals surface area contributed by atoms with E-state index in [9.17, 15) is 8.78 Å². The monoisotopic (exact) mass is 498 g/mol. The normalized spacial score (nSPS) is 18.4. The third kappa shape index (κ3) is 4.53. The molecule has 0 amide bonds. The number of aromatic nitrogens is 4. The minimum atomic E-state index is -2.54. The molecule has 2 fully saturated rings. The lowest BCUT2D eigenvalue weighted by atomic mass is 9.88. The highest BCUT2D eigenvalue weighted by atomic mass is 35.5. The molecule has 2 aromatic heterocycles. The Kier molecular flexibility index (Phi) is 6.42. The lowest BCUT2D eigenvalue weighted by Gasteiger charge is -2.41. The number of hydrogen-bond acceptors (Lipinski definition) is 6. The number of alkyl halides is 2. The lowest BCUT2D eigenvalue weighted by molar-refractivity contribution is 0.122. The van der Waals surface area contributed by atoms with Gasteiger partial charge < -0.3 is 5.32 Å². The molecular weight excluding hydrogens is 477 g/mol. The molecule has 6 nitrogen and oxygen atoms in total. The summed E-state index contributed by atoms with van der Waals surface area (Å²) in [6.07, 6.45) is 2.71. The van der Waals surface area contributed by atoms with Crippen molar-refractivity contribution in [2.75, 3.05) is 29.9 Å². The van der Waals surface area contributed by atoms with E-state index < -0.39 is 13.0 Å². The zero-order chi connectivity index (χ0) is 22.2. The molecule has 0 atom stereocenters. The Labute approximate surface area is 198 Å². The molecule has 2 aliphatic heterocycles. The molecule has 32 heavy (non-hydrogen) atoms. The van der Waals surface area contributed by atoms with Gasteiger partial charge in [0.1, 0.15) is 6.54 Å². The van der Waals surface area contributed by atoms with Gasteiger partial charge in [-0.3, -0.25) is 4.90 Å². The molecule has 5 rings (SSSR count). The van der Waals surface area contributed by atoms with Gasteiger partial charge >= 0.3 is 0 Å². The highest BCUT2D eigenvalue weighted by Gasteiger charge is 2.30. The molecule has 3 aromatic rings. The van der Waals surface area contributed by atoms with Crippen LogP contribution in [-0.2, 0) is 6.54 Å². The van der Waals surface area contributed by atoms with Crippen LogP contribution in [0.25, 0.3) is 10.9 Å². The molecule has 0 radical (unpaired) electrons. The maximum Gasteiger partial charge on any atom is 0.257 e. The van der Waals surface area contributed by atoms with Gasteiger partial charge in [-0.1, -0.05) is 23.2 Å². The molecule has 2 aliphatic rings. The molecule has 0 aliphatic carbocycles. The zero-order valence-electron chi connectivity index (χ0n) is 17.1. The third-order valence-electron chi connectivity index (χ3n) is 6.14. The Bertz CT molecular complexity index is 1120. The molecule has 4 heterocycles. The van der Waals surface area contributed by atoms with Crippen molar-refractivity contribution >= 4 is 57.5 Å². The van der Waals surface area contributed by atoms with Crippen LogP contribution in [-0.4, -0.2) is 61.7 Å². The number of nitrogens with one attached hydrogen (secondary N) is 1. The van der Waals surface area contributed by atoms with Gasteiger partial charge in [0.05, 0.1) is 17.4 Å². The molecule has 1 aromatic carbocycles. The van der Waals surface area contributed by atoms with Crippen LogP contribution in [0, 0.1) is 0 Å². The molecule has 2 saturated heterocycles. The van der Waals surface area contributed by atoms with Gasteiger partial charge in [-0.15, -0.1) is 0 Å². The van der Waals surface area contributed by atoms with E-state index in [-0.39, 0.29) is 5.15 Å². The van der Waals surface area contributed by atoms with Gasteiger partial charge in [0, 0.05) is 34.2 Å². The van der Waals surface area contributed by atoms with Gasteiger partial charge in [0.2, 0.25) is 5.95 Å². The first-order valence-electron chi connectivity index (χ1n) is 10.5. The summed E-state index contributed by atoms with van der Waals surface area (Å²) in [6, 6.07) is 4.70. The molecule has 0 bridgehead atoms. The van der Waals surface area contributed by atoms with E-state index in [1.165, 1.54) is 17.7 Å². The molecule has 170 valence electrons. The summed E-state index contributed by atoms with van der Waals surface area (Å²) < 4.78 is 26.3. The number of benzene rings is 1. The molecule has 1 N–H and O–H groups in total. The number of piperidine rings is 1. The van der Waals surface area contributed by atoms with E-state index in [2.05, 4.69) is 25.3 Å². The predicted octanol–water partition coefficient (Wildman–Crippen LogP) is 5.44. The third-order valence-corrected chi connectivity index (χ3v) is 8.10. The number of rotatable bonds is 6. The molecule has 0 spiro atoms. The highest BCUT2D eigenvalue weighted by molar-refractivity contribution is 8.00. The number of anilines is 2. The Morgan fingerprint density at radius 2 is 1.94 bits per heavy atom. The first-order chi connectivity index (χ1) is 15.5. The van der Waals surface area contributed by atoms with Crippen LogP contribution < -0.4 is 5.32 Å². The lowest BCUT2D eigenvalue weighted by Crippen LogP contribution is -2.47. The van der Waals surface area contributed by atoms with Crippen molar-refractivity contribution in [1.82, 2.24) is 24.6 Å². The first-order valence-corrected chi connectivity index (χ1v) is 12.4. The van der Waals surface area contributed by atoms with Crippen molar-refractivity contribution in [3.63, 3.8) is 0 Å². The minimum Gasteiger partial charge on any atom is -0.320 e. The fraction of sp³-hybridized carbons (Fsp3) is 0.476. The van der Waals surface area contributed by atoms with E-state index >= 15 is 0 Å². The minimum absolute atomic E-state index is 0.0856. The Morgan fingerprint density at radius 1 is 1.16 bits per heavy atom. The molecule has 0 saturated carbocycles. The zero-order valence-corrected chi connectivity index (χ0v) is 19.5. The van der Waals surface area contributed by atoms with Crippen LogP contribution in [0.4, 0.5) is 20.4 Å². The van der Waals surface area contributed by atoms with E-state index in [4.69, 9.17) is 23.2 Å². The molecule has 11 heteroatoms. The second-order valence-electron chi connectivity index (χ2n) is 8.17. The van der Waals surface area contributed by atoms with E-state index in [1.807, 2.05) is 23.9 Å². The van der Waals surface area contributed by atoms with Crippen molar-refractivity contribution in [2.24, 2.45) is 0 Å². The van der Waals surface area contributed by atoms with Crippen LogP contribution in [0.2, 0.25) is 10.2 Å². The highest BCUT2D eigenvalue weighted by Crippen LogP contribution is 2.37. The van der Waals surface area contributed by atoms with Crippen LogP contribution in [0.1, 0.15) is 24.3 Å². The van der Waals surface area contributed by atoms with Gasteiger partial charge in [-0.05, 0) is 49.5 Å². The average Bonchev–Trinajstić information content (AvgIpc) is 3.06. The van der Waals surface area contributed by atoms with Crippen LogP contribution in [0.15, 0.2) is 24.5 Å². The van der Waals surface area contributed by atoms with Crippen molar-refractivity contribution in [3.8, 4) is 0 Å². The molecule has 0 unspecified atom stereocenters. The maximum absolute atomic E-state index is 12.6. The summed E-state index contributed by atoms with van der Waals surface area (Å²) in [5, 5.41) is 8.54.